The molecule has 0 aliphatic heterocycles. The molecule has 0 N–H and O–H groups in total. The average molecular weight is 569 g/mol. The zero-order chi connectivity index (χ0) is 30.2. The van der Waals surface area contributed by atoms with Gasteiger partial charge in [-0.25, -0.2) is 0 Å². The van der Waals surface area contributed by atoms with Crippen molar-refractivity contribution in [3.63, 3.8) is 0 Å². The van der Waals surface area contributed by atoms with Crippen LogP contribution in [0.5, 0.6) is 0 Å². The normalized spacial score (nSPS) is 11.2. The summed E-state index contributed by atoms with van der Waals surface area (Å²) in [7, 11) is 0. The minimum absolute atomic E-state index is 1.13. The molecule has 214 valence electrons. The zero-order valence-electron chi connectivity index (χ0n) is 25.8. The molecule has 7 aromatic rings. The van der Waals surface area contributed by atoms with Gasteiger partial charge in [-0.2, -0.15) is 0 Å². The number of rotatable bonds is 6. The van der Waals surface area contributed by atoms with Gasteiger partial charge in [0.05, 0.1) is 5.69 Å². The van der Waals surface area contributed by atoms with Crippen LogP contribution in [0.2, 0.25) is 0 Å². The molecule has 0 atom stereocenters. The first kappa shape index (κ1) is 27.5. The van der Waals surface area contributed by atoms with Crippen molar-refractivity contribution in [1.82, 2.24) is 0 Å². The molecule has 2 nitrogen and oxygen atoms in total. The third-order valence-corrected chi connectivity index (χ3v) is 8.47. The van der Waals surface area contributed by atoms with E-state index in [0.29, 0.717) is 0 Å². The first-order valence-electron chi connectivity index (χ1n) is 15.3. The van der Waals surface area contributed by atoms with Crippen LogP contribution in [-0.4, -0.2) is 0 Å². The molecule has 0 heterocycles. The fraction of sp³-hybridized carbons (Fsp3) is 0.0952. The lowest BCUT2D eigenvalue weighted by Crippen LogP contribution is -2.12. The minimum Gasteiger partial charge on any atom is -0.310 e. The van der Waals surface area contributed by atoms with Gasteiger partial charge in [0.2, 0.25) is 0 Å². The summed E-state index contributed by atoms with van der Waals surface area (Å²) >= 11 is 0. The summed E-state index contributed by atoms with van der Waals surface area (Å²) in [6, 6.07) is 53.3. The number of anilines is 6. The molecular weight excluding hydrogens is 532 g/mol. The minimum atomic E-state index is 1.13. The summed E-state index contributed by atoms with van der Waals surface area (Å²) in [6.45, 7) is 8.55. The highest BCUT2D eigenvalue weighted by molar-refractivity contribution is 6.15. The van der Waals surface area contributed by atoms with Crippen molar-refractivity contribution >= 4 is 55.7 Å². The number of benzene rings is 7. The third-order valence-electron chi connectivity index (χ3n) is 8.47. The molecule has 0 aliphatic rings. The summed E-state index contributed by atoms with van der Waals surface area (Å²) in [6.07, 6.45) is 0. The van der Waals surface area contributed by atoms with Gasteiger partial charge in [0, 0.05) is 39.2 Å². The van der Waals surface area contributed by atoms with E-state index < -0.39 is 0 Å². The van der Waals surface area contributed by atoms with Crippen molar-refractivity contribution in [3.8, 4) is 0 Å². The Labute approximate surface area is 260 Å². The van der Waals surface area contributed by atoms with Crippen LogP contribution in [0.3, 0.4) is 0 Å². The summed E-state index contributed by atoms with van der Waals surface area (Å²) in [5.41, 5.74) is 11.9. The molecule has 0 amide bonds. The second-order valence-corrected chi connectivity index (χ2v) is 11.9. The summed E-state index contributed by atoms with van der Waals surface area (Å²) in [5.74, 6) is 0. The molecule has 0 radical (unpaired) electrons. The van der Waals surface area contributed by atoms with Gasteiger partial charge in [-0.3, -0.25) is 0 Å². The molecule has 0 unspecified atom stereocenters. The van der Waals surface area contributed by atoms with Crippen LogP contribution in [0.25, 0.3) is 21.5 Å². The molecule has 0 bridgehead atoms. The van der Waals surface area contributed by atoms with E-state index in [1.165, 1.54) is 49.5 Å². The maximum atomic E-state index is 2.42. The number of fused-ring (bicyclic) bond motifs is 2. The highest BCUT2D eigenvalue weighted by Crippen LogP contribution is 2.45. The summed E-state index contributed by atoms with van der Waals surface area (Å²) in [5, 5.41) is 4.85. The zero-order valence-corrected chi connectivity index (χ0v) is 25.8. The molecule has 0 spiro atoms. The highest BCUT2D eigenvalue weighted by atomic mass is 15.2. The van der Waals surface area contributed by atoms with Crippen LogP contribution < -0.4 is 9.80 Å². The SMILES string of the molecule is Cc1ccc(N(c2ccc(C)cc2)c2ccc3c(N(c4ccc(C)cc4)c4ccc(C)cc4)c4ccccc4cc3c2)cc1. The average Bonchev–Trinajstić information content (AvgIpc) is 3.04. The monoisotopic (exact) mass is 568 g/mol. The van der Waals surface area contributed by atoms with Gasteiger partial charge >= 0.3 is 0 Å². The molecule has 0 aliphatic carbocycles. The van der Waals surface area contributed by atoms with Crippen LogP contribution in [0.4, 0.5) is 34.1 Å². The maximum absolute atomic E-state index is 2.42. The molecular formula is C42H36N2. The molecule has 7 rings (SSSR count). The van der Waals surface area contributed by atoms with E-state index in [9.17, 15) is 0 Å². The molecule has 0 fully saturated rings. The molecule has 0 aromatic heterocycles. The molecule has 0 saturated heterocycles. The lowest BCUT2D eigenvalue weighted by Gasteiger charge is -2.30. The second kappa shape index (κ2) is 11.4. The largest absolute Gasteiger partial charge is 0.310 e. The van der Waals surface area contributed by atoms with Crippen LogP contribution in [0.15, 0.2) is 146 Å². The number of hydrogen-bond donors (Lipinski definition) is 0. The molecule has 7 aromatic carbocycles. The quantitative estimate of drug-likeness (QED) is 0.184. The Hall–Kier alpha value is -5.34. The van der Waals surface area contributed by atoms with Gasteiger partial charge in [0.15, 0.2) is 0 Å². The van der Waals surface area contributed by atoms with Gasteiger partial charge in [0.25, 0.3) is 0 Å². The van der Waals surface area contributed by atoms with E-state index >= 15 is 0 Å². The Morgan fingerprint density at radius 1 is 0.318 bits per heavy atom. The summed E-state index contributed by atoms with van der Waals surface area (Å²) < 4.78 is 0. The van der Waals surface area contributed by atoms with Crippen molar-refractivity contribution in [1.29, 1.82) is 0 Å². The number of hydrogen-bond acceptors (Lipinski definition) is 2. The van der Waals surface area contributed by atoms with Crippen LogP contribution in [0, 0.1) is 27.7 Å². The molecule has 44 heavy (non-hydrogen) atoms. The van der Waals surface area contributed by atoms with Crippen LogP contribution >= 0.6 is 0 Å². The van der Waals surface area contributed by atoms with E-state index in [-0.39, 0.29) is 0 Å². The topological polar surface area (TPSA) is 6.48 Å². The summed E-state index contributed by atoms with van der Waals surface area (Å²) in [4.78, 5) is 4.77. The Morgan fingerprint density at radius 3 is 1.18 bits per heavy atom. The molecule has 0 saturated carbocycles. The van der Waals surface area contributed by atoms with Gasteiger partial charge in [-0.05, 0) is 105 Å². The van der Waals surface area contributed by atoms with Crippen LogP contribution in [0.1, 0.15) is 22.3 Å². The third kappa shape index (κ3) is 5.20. The number of nitrogens with zero attached hydrogens (tertiary/aromatic N) is 2. The lowest BCUT2D eigenvalue weighted by atomic mass is 9.98. The van der Waals surface area contributed by atoms with E-state index in [1.807, 2.05) is 0 Å². The van der Waals surface area contributed by atoms with Crippen molar-refractivity contribution in [2.75, 3.05) is 9.80 Å². The molecule has 2 heteroatoms. The fourth-order valence-electron chi connectivity index (χ4n) is 6.05. The fourth-order valence-corrected chi connectivity index (χ4v) is 6.05. The highest BCUT2D eigenvalue weighted by Gasteiger charge is 2.20. The Bertz CT molecular complexity index is 1980. The van der Waals surface area contributed by atoms with Crippen LogP contribution in [-0.2, 0) is 0 Å². The van der Waals surface area contributed by atoms with Crippen molar-refractivity contribution in [2.45, 2.75) is 27.7 Å². The lowest BCUT2D eigenvalue weighted by molar-refractivity contribution is 1.27. The second-order valence-electron chi connectivity index (χ2n) is 11.9. The van der Waals surface area contributed by atoms with Crippen molar-refractivity contribution in [3.05, 3.63) is 168 Å². The smallest absolute Gasteiger partial charge is 0.0618 e. The number of aryl methyl sites for hydroxylation is 4. The van der Waals surface area contributed by atoms with Gasteiger partial charge < -0.3 is 9.80 Å². The first-order chi connectivity index (χ1) is 21.4. The van der Waals surface area contributed by atoms with Crippen molar-refractivity contribution < 1.29 is 0 Å². The Kier molecular flexibility index (Phi) is 7.12. The van der Waals surface area contributed by atoms with Gasteiger partial charge in [0.1, 0.15) is 0 Å². The first-order valence-corrected chi connectivity index (χ1v) is 15.3. The van der Waals surface area contributed by atoms with Gasteiger partial charge in [-0.15, -0.1) is 0 Å². The Balaban J connectivity index is 1.49. The van der Waals surface area contributed by atoms with E-state index in [1.54, 1.807) is 0 Å². The predicted molar refractivity (Wildman–Crippen MR) is 190 cm³/mol. The maximum Gasteiger partial charge on any atom is 0.0618 e. The standard InChI is InChI=1S/C42H36N2/c1-29-9-17-35(18-10-29)43(36-19-11-30(2)12-20-36)39-25-26-41-34(28-39)27-33-7-5-6-8-40(33)42(41)44(37-21-13-31(3)14-22-37)38-23-15-32(4)16-24-38/h5-28H,1-4H3. The Morgan fingerprint density at radius 2 is 0.705 bits per heavy atom. The van der Waals surface area contributed by atoms with Gasteiger partial charge in [-0.1, -0.05) is 101 Å². The van der Waals surface area contributed by atoms with Crippen molar-refractivity contribution in [2.24, 2.45) is 0 Å². The van der Waals surface area contributed by atoms with E-state index in [0.717, 1.165) is 28.4 Å². The van der Waals surface area contributed by atoms with E-state index in [4.69, 9.17) is 0 Å². The van der Waals surface area contributed by atoms with E-state index in [2.05, 4.69) is 183 Å². The predicted octanol–water partition coefficient (Wildman–Crippen LogP) is 12.2.